The Morgan fingerprint density at radius 1 is 1.12 bits per heavy atom. The van der Waals surface area contributed by atoms with Gasteiger partial charge in [0, 0.05) is 50.8 Å². The zero-order valence-corrected chi connectivity index (χ0v) is 16.1. The molecular formula is C18H28N4O2S. The minimum atomic E-state index is 0.00369. The maximum Gasteiger partial charge on any atom is 0.317 e. The molecule has 3 heterocycles. The number of thiophene rings is 1. The van der Waals surface area contributed by atoms with Crippen molar-refractivity contribution in [3.63, 3.8) is 0 Å². The Morgan fingerprint density at radius 3 is 2.36 bits per heavy atom. The lowest BCUT2D eigenvalue weighted by Crippen LogP contribution is -2.55. The summed E-state index contributed by atoms with van der Waals surface area (Å²) in [6.45, 7) is 11.0. The Kier molecular flexibility index (Phi) is 5.34. The van der Waals surface area contributed by atoms with Crippen LogP contribution >= 0.6 is 11.3 Å². The first-order valence-corrected chi connectivity index (χ1v) is 9.86. The van der Waals surface area contributed by atoms with Gasteiger partial charge in [0.05, 0.1) is 4.88 Å². The Bertz CT molecular complexity index is 603. The smallest absolute Gasteiger partial charge is 0.317 e. The molecule has 0 radical (unpaired) electrons. The summed E-state index contributed by atoms with van der Waals surface area (Å²) in [5, 5.41) is 5.08. The predicted molar refractivity (Wildman–Crippen MR) is 100 cm³/mol. The van der Waals surface area contributed by atoms with Crippen LogP contribution in [-0.2, 0) is 0 Å². The summed E-state index contributed by atoms with van der Waals surface area (Å²) in [4.78, 5) is 31.7. The molecule has 0 unspecified atom stereocenters. The van der Waals surface area contributed by atoms with Gasteiger partial charge in [-0.3, -0.25) is 9.69 Å². The van der Waals surface area contributed by atoms with Crippen LogP contribution in [0.5, 0.6) is 0 Å². The molecule has 6 nitrogen and oxygen atoms in total. The van der Waals surface area contributed by atoms with Crippen LogP contribution in [0.1, 0.15) is 36.9 Å². The molecular weight excluding hydrogens is 336 g/mol. The van der Waals surface area contributed by atoms with Gasteiger partial charge in [0.2, 0.25) is 0 Å². The molecule has 2 aliphatic heterocycles. The standard InChI is InChI=1S/C18H28N4O2S/c1-18(2,3)22-7-6-14(13-22)19-17(24)21-10-8-20(9-11-21)16(23)15-5-4-12-25-15/h4-5,12,14H,6-11,13H2,1-3H3,(H,19,24)/t14-/m0/s1. The number of amides is 3. The van der Waals surface area contributed by atoms with E-state index in [0.717, 1.165) is 24.4 Å². The molecule has 0 spiro atoms. The third kappa shape index (κ3) is 4.33. The molecule has 3 amide bonds. The number of hydrogen-bond donors (Lipinski definition) is 1. The predicted octanol–water partition coefficient (Wildman–Crippen LogP) is 2.09. The zero-order valence-electron chi connectivity index (χ0n) is 15.3. The topological polar surface area (TPSA) is 55.9 Å². The Hall–Kier alpha value is -1.60. The van der Waals surface area contributed by atoms with E-state index < -0.39 is 0 Å². The highest BCUT2D eigenvalue weighted by Crippen LogP contribution is 2.20. The molecule has 0 saturated carbocycles. The number of carbonyl (C=O) groups excluding carboxylic acids is 2. The van der Waals surface area contributed by atoms with Gasteiger partial charge in [-0.05, 0) is 38.6 Å². The second kappa shape index (κ2) is 7.33. The first-order valence-electron chi connectivity index (χ1n) is 8.98. The molecule has 2 saturated heterocycles. The van der Waals surface area contributed by atoms with Crippen molar-refractivity contribution in [2.45, 2.75) is 38.8 Å². The SMILES string of the molecule is CC(C)(C)N1CC[C@H](NC(=O)N2CCN(C(=O)c3cccs3)CC2)C1. The maximum absolute atomic E-state index is 12.5. The third-order valence-electron chi connectivity index (χ3n) is 5.05. The van der Waals surface area contributed by atoms with Crippen molar-refractivity contribution in [1.82, 2.24) is 20.0 Å². The van der Waals surface area contributed by atoms with Crippen molar-refractivity contribution in [1.29, 1.82) is 0 Å². The number of piperazine rings is 1. The number of likely N-dealkylation sites (tertiary alicyclic amines) is 1. The van der Waals surface area contributed by atoms with E-state index in [2.05, 4.69) is 31.0 Å². The lowest BCUT2D eigenvalue weighted by atomic mass is 10.1. The molecule has 3 rings (SSSR count). The normalized spacial score (nSPS) is 22.3. The van der Waals surface area contributed by atoms with E-state index >= 15 is 0 Å². The number of rotatable bonds is 2. The molecule has 1 aromatic heterocycles. The lowest BCUT2D eigenvalue weighted by Gasteiger charge is -2.35. The number of urea groups is 1. The van der Waals surface area contributed by atoms with Crippen molar-refractivity contribution in [3.8, 4) is 0 Å². The molecule has 0 aromatic carbocycles. The number of nitrogens with one attached hydrogen (secondary N) is 1. The van der Waals surface area contributed by atoms with Crippen LogP contribution in [0.3, 0.4) is 0 Å². The fourth-order valence-electron chi connectivity index (χ4n) is 3.42. The number of nitrogens with zero attached hydrogens (tertiary/aromatic N) is 3. The summed E-state index contributed by atoms with van der Waals surface area (Å²) in [6.07, 6.45) is 1.000. The summed E-state index contributed by atoms with van der Waals surface area (Å²) < 4.78 is 0. The van der Waals surface area contributed by atoms with E-state index in [9.17, 15) is 9.59 Å². The van der Waals surface area contributed by atoms with E-state index in [1.165, 1.54) is 11.3 Å². The summed E-state index contributed by atoms with van der Waals surface area (Å²) in [5.74, 6) is 0.0756. The molecule has 138 valence electrons. The molecule has 1 aromatic rings. The molecule has 1 atom stereocenters. The van der Waals surface area contributed by atoms with Crippen molar-refractivity contribution < 1.29 is 9.59 Å². The first kappa shape index (κ1) is 18.2. The van der Waals surface area contributed by atoms with Gasteiger partial charge in [0.1, 0.15) is 0 Å². The summed E-state index contributed by atoms with van der Waals surface area (Å²) in [6, 6.07) is 3.97. The number of carbonyl (C=O) groups is 2. The van der Waals surface area contributed by atoms with E-state index in [1.54, 1.807) is 0 Å². The van der Waals surface area contributed by atoms with Crippen molar-refractivity contribution in [2.75, 3.05) is 39.3 Å². The van der Waals surface area contributed by atoms with Gasteiger partial charge in [0.15, 0.2) is 0 Å². The maximum atomic E-state index is 12.5. The summed E-state index contributed by atoms with van der Waals surface area (Å²) in [5.41, 5.74) is 0.146. The monoisotopic (exact) mass is 364 g/mol. The first-order chi connectivity index (χ1) is 11.8. The van der Waals surface area contributed by atoms with E-state index in [-0.39, 0.29) is 23.5 Å². The minimum Gasteiger partial charge on any atom is -0.334 e. The molecule has 25 heavy (non-hydrogen) atoms. The van der Waals surface area contributed by atoms with Gasteiger partial charge < -0.3 is 15.1 Å². The van der Waals surface area contributed by atoms with Crippen molar-refractivity contribution >= 4 is 23.3 Å². The van der Waals surface area contributed by atoms with Gasteiger partial charge in [-0.1, -0.05) is 6.07 Å². The Morgan fingerprint density at radius 2 is 1.80 bits per heavy atom. The van der Waals surface area contributed by atoms with Crippen LogP contribution in [0.25, 0.3) is 0 Å². The molecule has 1 N–H and O–H groups in total. The van der Waals surface area contributed by atoms with Crippen LogP contribution in [0.4, 0.5) is 4.79 Å². The highest BCUT2D eigenvalue weighted by molar-refractivity contribution is 7.12. The second-order valence-electron chi connectivity index (χ2n) is 7.81. The van der Waals surface area contributed by atoms with Crippen LogP contribution in [0.15, 0.2) is 17.5 Å². The Balaban J connectivity index is 1.45. The molecule has 0 bridgehead atoms. The molecule has 7 heteroatoms. The fraction of sp³-hybridized carbons (Fsp3) is 0.667. The van der Waals surface area contributed by atoms with Gasteiger partial charge in [-0.15, -0.1) is 11.3 Å². The highest BCUT2D eigenvalue weighted by Gasteiger charge is 2.32. The van der Waals surface area contributed by atoms with Gasteiger partial charge in [0.25, 0.3) is 5.91 Å². The van der Waals surface area contributed by atoms with E-state index in [1.807, 2.05) is 27.3 Å². The largest absolute Gasteiger partial charge is 0.334 e. The molecule has 0 aliphatic carbocycles. The van der Waals surface area contributed by atoms with E-state index in [4.69, 9.17) is 0 Å². The quantitative estimate of drug-likeness (QED) is 0.874. The molecule has 2 aliphatic rings. The van der Waals surface area contributed by atoms with Crippen LogP contribution in [0, 0.1) is 0 Å². The second-order valence-corrected chi connectivity index (χ2v) is 8.76. The van der Waals surface area contributed by atoms with Crippen LogP contribution in [0.2, 0.25) is 0 Å². The average molecular weight is 365 g/mol. The molecule has 2 fully saturated rings. The minimum absolute atomic E-state index is 0.00369. The Labute approximate surface area is 153 Å². The average Bonchev–Trinajstić information content (AvgIpc) is 3.25. The van der Waals surface area contributed by atoms with Crippen molar-refractivity contribution in [3.05, 3.63) is 22.4 Å². The van der Waals surface area contributed by atoms with Crippen molar-refractivity contribution in [2.24, 2.45) is 0 Å². The van der Waals surface area contributed by atoms with Crippen LogP contribution < -0.4 is 5.32 Å². The zero-order chi connectivity index (χ0) is 18.0. The third-order valence-corrected chi connectivity index (χ3v) is 5.91. The van der Waals surface area contributed by atoms with Gasteiger partial charge in [-0.2, -0.15) is 0 Å². The number of hydrogen-bond acceptors (Lipinski definition) is 4. The summed E-state index contributed by atoms with van der Waals surface area (Å²) in [7, 11) is 0. The van der Waals surface area contributed by atoms with Crippen LogP contribution in [-0.4, -0.2) is 77.5 Å². The van der Waals surface area contributed by atoms with Gasteiger partial charge >= 0.3 is 6.03 Å². The lowest BCUT2D eigenvalue weighted by molar-refractivity contribution is 0.0668. The summed E-state index contributed by atoms with van der Waals surface area (Å²) >= 11 is 1.47. The fourth-order valence-corrected chi connectivity index (χ4v) is 4.11. The highest BCUT2D eigenvalue weighted by atomic mass is 32.1. The van der Waals surface area contributed by atoms with E-state index in [0.29, 0.717) is 26.2 Å². The van der Waals surface area contributed by atoms with Gasteiger partial charge in [-0.25, -0.2) is 4.79 Å².